The van der Waals surface area contributed by atoms with Crippen LogP contribution in [0, 0.1) is 5.92 Å². The summed E-state index contributed by atoms with van der Waals surface area (Å²) in [7, 11) is 4.61. The molecule has 0 radical (unpaired) electrons. The number of quaternary nitrogens is 1. The summed E-state index contributed by atoms with van der Waals surface area (Å²) in [4.78, 5) is 11.5. The second kappa shape index (κ2) is 4.65. The zero-order chi connectivity index (χ0) is 17.6. The van der Waals surface area contributed by atoms with Gasteiger partial charge in [0.2, 0.25) is 0 Å². The lowest BCUT2D eigenvalue weighted by molar-refractivity contribution is -0.926. The minimum atomic E-state index is -0.630. The maximum absolute atomic E-state index is 11.5. The molecule has 1 fully saturated rings. The van der Waals surface area contributed by atoms with E-state index in [-0.39, 0.29) is 17.5 Å². The summed E-state index contributed by atoms with van der Waals surface area (Å²) in [5, 5.41) is 10.7. The molecule has 2 heterocycles. The van der Waals surface area contributed by atoms with Crippen molar-refractivity contribution in [1.29, 1.82) is 0 Å². The number of aliphatic hydroxyl groups is 1. The molecule has 1 aromatic carbocycles. The third kappa shape index (κ3) is 1.78. The zero-order valence-electron chi connectivity index (χ0n) is 14.9. The Morgan fingerprint density at radius 2 is 2.16 bits per heavy atom. The Kier molecular flexibility index (Phi) is 2.87. The van der Waals surface area contributed by atoms with E-state index >= 15 is 0 Å². The van der Waals surface area contributed by atoms with E-state index < -0.39 is 6.10 Å². The first kappa shape index (κ1) is 15.4. The van der Waals surface area contributed by atoms with E-state index in [2.05, 4.69) is 26.2 Å². The number of carbonyl (C=O) groups is 1. The number of nitrogens with zero attached hydrogens (tertiary/aromatic N) is 1. The van der Waals surface area contributed by atoms with Crippen molar-refractivity contribution in [3.05, 3.63) is 35.4 Å². The number of esters is 1. The highest BCUT2D eigenvalue weighted by atomic mass is 16.6. The van der Waals surface area contributed by atoms with E-state index in [0.717, 1.165) is 23.9 Å². The Morgan fingerprint density at radius 1 is 1.36 bits per heavy atom. The Labute approximate surface area is 147 Å². The van der Waals surface area contributed by atoms with Gasteiger partial charge in [0.1, 0.15) is 18.2 Å². The van der Waals surface area contributed by atoms with Gasteiger partial charge in [-0.2, -0.15) is 0 Å². The molecule has 0 aromatic heterocycles. The van der Waals surface area contributed by atoms with Crippen molar-refractivity contribution in [2.45, 2.75) is 43.4 Å². The highest BCUT2D eigenvalue weighted by Crippen LogP contribution is 2.63. The summed E-state index contributed by atoms with van der Waals surface area (Å²) in [5.74, 6) is 1.15. The van der Waals surface area contributed by atoms with Crippen LogP contribution in [0.5, 0.6) is 11.5 Å². The summed E-state index contributed by atoms with van der Waals surface area (Å²) >= 11 is 0. The number of piperidine rings is 1. The van der Waals surface area contributed by atoms with E-state index in [9.17, 15) is 9.90 Å². The largest absolute Gasteiger partial charge is 0.482 e. The lowest BCUT2D eigenvalue weighted by Gasteiger charge is -2.58. The summed E-state index contributed by atoms with van der Waals surface area (Å²) < 4.78 is 12.7. The topological polar surface area (TPSA) is 55.8 Å². The highest BCUT2D eigenvalue weighted by molar-refractivity contribution is 5.72. The molecular formula is C20H24NO4+. The van der Waals surface area contributed by atoms with Crippen LogP contribution in [-0.2, 0) is 16.6 Å². The van der Waals surface area contributed by atoms with E-state index in [4.69, 9.17) is 9.47 Å². The van der Waals surface area contributed by atoms with Crippen LogP contribution in [0.1, 0.15) is 24.5 Å². The monoisotopic (exact) mass is 342 g/mol. The zero-order valence-corrected chi connectivity index (χ0v) is 14.9. The molecule has 1 saturated heterocycles. The van der Waals surface area contributed by atoms with Crippen molar-refractivity contribution in [2.24, 2.45) is 5.92 Å². The lowest BCUT2D eigenvalue weighted by Crippen LogP contribution is -2.70. The second-order valence-corrected chi connectivity index (χ2v) is 8.52. The van der Waals surface area contributed by atoms with Crippen LogP contribution >= 0.6 is 0 Å². The third-order valence-electron chi connectivity index (χ3n) is 6.94. The Morgan fingerprint density at radius 3 is 2.92 bits per heavy atom. The number of carbonyl (C=O) groups excluding carboxylic acids is 1. The van der Waals surface area contributed by atoms with Crippen LogP contribution in [-0.4, -0.2) is 54.4 Å². The van der Waals surface area contributed by atoms with Crippen molar-refractivity contribution >= 4 is 5.97 Å². The predicted octanol–water partition coefficient (Wildman–Crippen LogP) is 1.56. The molecule has 5 rings (SSSR count). The summed E-state index contributed by atoms with van der Waals surface area (Å²) in [6.45, 7) is 2.46. The summed E-state index contributed by atoms with van der Waals surface area (Å²) in [5.41, 5.74) is 2.26. The number of rotatable bonds is 1. The standard InChI is InChI=1S/C20H24NO4/c1-11(22)24-16-7-4-12-10-14-13-5-6-15(23)19-20(13,8-9-21(14,2)3)17(12)18(16)25-19/h4-7,13-15,19,23H,8-10H2,1-3H3/q+1/t13-,14+,15-,19-,20-/m0/s1. The van der Waals surface area contributed by atoms with E-state index in [1.165, 1.54) is 18.1 Å². The van der Waals surface area contributed by atoms with Gasteiger partial charge >= 0.3 is 5.97 Å². The van der Waals surface area contributed by atoms with Crippen LogP contribution in [0.3, 0.4) is 0 Å². The van der Waals surface area contributed by atoms with Gasteiger partial charge in [-0.05, 0) is 11.6 Å². The fraction of sp³-hybridized carbons (Fsp3) is 0.550. The number of likely N-dealkylation sites (tertiary alicyclic amines) is 1. The van der Waals surface area contributed by atoms with Crippen LogP contribution in [0.25, 0.3) is 0 Å². The molecule has 4 aliphatic rings. The van der Waals surface area contributed by atoms with Gasteiger partial charge in [-0.3, -0.25) is 4.79 Å². The highest BCUT2D eigenvalue weighted by Gasteiger charge is 2.67. The van der Waals surface area contributed by atoms with E-state index in [0.29, 0.717) is 23.5 Å². The Balaban J connectivity index is 1.77. The molecule has 5 heteroatoms. The van der Waals surface area contributed by atoms with Crippen molar-refractivity contribution in [1.82, 2.24) is 0 Å². The molecule has 1 spiro atoms. The molecule has 0 unspecified atom stereocenters. The Hall–Kier alpha value is -1.85. The second-order valence-electron chi connectivity index (χ2n) is 8.52. The van der Waals surface area contributed by atoms with Crippen molar-refractivity contribution in [3.8, 4) is 11.5 Å². The molecule has 0 saturated carbocycles. The van der Waals surface area contributed by atoms with Crippen molar-refractivity contribution < 1.29 is 23.9 Å². The first-order valence-electron chi connectivity index (χ1n) is 9.05. The maximum Gasteiger partial charge on any atom is 0.308 e. The van der Waals surface area contributed by atoms with Gasteiger partial charge in [-0.25, -0.2) is 0 Å². The van der Waals surface area contributed by atoms with Crippen molar-refractivity contribution in [3.63, 3.8) is 0 Å². The quantitative estimate of drug-likeness (QED) is 0.364. The molecule has 2 bridgehead atoms. The number of likely N-dealkylation sites (N-methyl/N-ethyl adjacent to an activating group) is 1. The number of benzene rings is 1. The van der Waals surface area contributed by atoms with Gasteiger partial charge in [0, 0.05) is 31.2 Å². The minimum absolute atomic E-state index is 0.203. The first-order chi connectivity index (χ1) is 11.8. The van der Waals surface area contributed by atoms with E-state index in [1.54, 1.807) is 0 Å². The molecule has 1 aromatic rings. The minimum Gasteiger partial charge on any atom is -0.482 e. The fourth-order valence-electron chi connectivity index (χ4n) is 5.83. The Bertz CT molecular complexity index is 814. The average Bonchev–Trinajstić information content (AvgIpc) is 2.90. The fourth-order valence-corrected chi connectivity index (χ4v) is 5.83. The van der Waals surface area contributed by atoms with Gasteiger partial charge in [0.15, 0.2) is 11.5 Å². The molecule has 132 valence electrons. The number of aliphatic hydroxyl groups excluding tert-OH is 1. The van der Waals surface area contributed by atoms with Gasteiger partial charge in [0.25, 0.3) is 0 Å². The molecule has 2 aliphatic carbocycles. The molecule has 2 aliphatic heterocycles. The van der Waals surface area contributed by atoms with Gasteiger partial charge in [0.05, 0.1) is 26.1 Å². The van der Waals surface area contributed by atoms with Gasteiger partial charge < -0.3 is 19.1 Å². The van der Waals surface area contributed by atoms with Crippen LogP contribution in [0.2, 0.25) is 0 Å². The summed E-state index contributed by atoms with van der Waals surface area (Å²) in [6, 6.07) is 4.41. The van der Waals surface area contributed by atoms with Gasteiger partial charge in [-0.1, -0.05) is 18.2 Å². The normalized spacial score (nSPS) is 38.7. The molecular weight excluding hydrogens is 318 g/mol. The van der Waals surface area contributed by atoms with Crippen LogP contribution in [0.15, 0.2) is 24.3 Å². The number of hydrogen-bond donors (Lipinski definition) is 1. The predicted molar refractivity (Wildman–Crippen MR) is 91.6 cm³/mol. The van der Waals surface area contributed by atoms with Crippen molar-refractivity contribution in [2.75, 3.05) is 20.6 Å². The maximum atomic E-state index is 11.5. The molecule has 5 atom stereocenters. The van der Waals surface area contributed by atoms with Gasteiger partial charge in [-0.15, -0.1) is 0 Å². The van der Waals surface area contributed by atoms with Crippen LogP contribution < -0.4 is 9.47 Å². The SMILES string of the molecule is CC(=O)Oc1ccc2c3c1O[C@H]1[C@@H](O)C=C[C@H]4[C@@H](C2)[N+](C)(C)CC[C@@]341. The smallest absolute Gasteiger partial charge is 0.308 e. The number of hydrogen-bond acceptors (Lipinski definition) is 4. The average molecular weight is 342 g/mol. The molecule has 1 N–H and O–H groups in total. The third-order valence-corrected chi connectivity index (χ3v) is 6.94. The molecule has 5 nitrogen and oxygen atoms in total. The number of ether oxygens (including phenoxy) is 2. The molecule has 25 heavy (non-hydrogen) atoms. The van der Waals surface area contributed by atoms with Crippen LogP contribution in [0.4, 0.5) is 0 Å². The first-order valence-corrected chi connectivity index (χ1v) is 9.05. The van der Waals surface area contributed by atoms with E-state index in [1.807, 2.05) is 12.1 Å². The lowest BCUT2D eigenvalue weighted by atomic mass is 9.53. The molecule has 0 amide bonds. The summed E-state index contributed by atoms with van der Waals surface area (Å²) in [6.07, 6.45) is 5.14.